The Kier molecular flexibility index (Phi) is 5.71. The number of carbonyl (C=O) groups excluding carboxylic acids is 1. The highest BCUT2D eigenvalue weighted by Gasteiger charge is 2.40. The SMILES string of the molecule is CCS(=O)(=O)c1ccc(NC(=O)c2cnn(-c3ccc(C)cc3)c2C(F)(F)F)cc1. The van der Waals surface area contributed by atoms with Crippen molar-refractivity contribution in [3.8, 4) is 5.69 Å². The zero-order chi connectivity index (χ0) is 22.1. The van der Waals surface area contributed by atoms with Crippen LogP contribution in [-0.4, -0.2) is 29.9 Å². The average Bonchev–Trinajstić information content (AvgIpc) is 3.15. The van der Waals surface area contributed by atoms with Gasteiger partial charge in [0.05, 0.1) is 28.1 Å². The number of rotatable bonds is 5. The molecule has 2 aromatic carbocycles. The predicted octanol–water partition coefficient (Wildman–Crippen LogP) is 4.25. The second-order valence-electron chi connectivity index (χ2n) is 6.53. The number of alkyl halides is 3. The zero-order valence-electron chi connectivity index (χ0n) is 16.1. The first-order chi connectivity index (χ1) is 14.0. The van der Waals surface area contributed by atoms with Gasteiger partial charge in [0.2, 0.25) is 0 Å². The van der Waals surface area contributed by atoms with Gasteiger partial charge >= 0.3 is 6.18 Å². The molecule has 3 rings (SSSR count). The number of nitrogens with zero attached hydrogens (tertiary/aromatic N) is 2. The predicted molar refractivity (Wildman–Crippen MR) is 105 cm³/mol. The molecule has 1 aromatic heterocycles. The lowest BCUT2D eigenvalue weighted by atomic mass is 10.2. The van der Waals surface area contributed by atoms with E-state index in [0.29, 0.717) is 4.68 Å². The van der Waals surface area contributed by atoms with E-state index in [4.69, 9.17) is 0 Å². The topological polar surface area (TPSA) is 81.1 Å². The zero-order valence-corrected chi connectivity index (χ0v) is 16.9. The van der Waals surface area contributed by atoms with E-state index in [1.165, 1.54) is 43.3 Å². The van der Waals surface area contributed by atoms with E-state index >= 15 is 0 Å². The monoisotopic (exact) mass is 437 g/mol. The van der Waals surface area contributed by atoms with Gasteiger partial charge in [-0.15, -0.1) is 0 Å². The van der Waals surface area contributed by atoms with E-state index < -0.39 is 33.2 Å². The van der Waals surface area contributed by atoms with Gasteiger partial charge in [0, 0.05) is 5.69 Å². The van der Waals surface area contributed by atoms with E-state index in [1.54, 1.807) is 19.1 Å². The largest absolute Gasteiger partial charge is 0.434 e. The number of anilines is 1. The molecule has 0 unspecified atom stereocenters. The van der Waals surface area contributed by atoms with Gasteiger partial charge in [-0.1, -0.05) is 24.6 Å². The number of benzene rings is 2. The first-order valence-electron chi connectivity index (χ1n) is 8.89. The maximum atomic E-state index is 13.7. The Labute approximate surface area is 171 Å². The summed E-state index contributed by atoms with van der Waals surface area (Å²) in [6.07, 6.45) is -3.97. The number of amides is 1. The standard InChI is InChI=1S/C20H18F3N3O3S/c1-3-30(28,29)16-10-6-14(7-11-16)25-19(27)17-12-24-26(18(17)20(21,22)23)15-8-4-13(2)5-9-15/h4-12H,3H2,1-2H3,(H,25,27). The van der Waals surface area contributed by atoms with Gasteiger partial charge in [0.15, 0.2) is 15.5 Å². The lowest BCUT2D eigenvalue weighted by Crippen LogP contribution is -2.20. The molecule has 1 N–H and O–H groups in total. The van der Waals surface area contributed by atoms with Crippen molar-refractivity contribution in [1.29, 1.82) is 0 Å². The highest BCUT2D eigenvalue weighted by atomic mass is 32.2. The summed E-state index contributed by atoms with van der Waals surface area (Å²) in [5.74, 6) is -1.10. The Hall–Kier alpha value is -3.14. The fourth-order valence-corrected chi connectivity index (χ4v) is 3.66. The smallest absolute Gasteiger partial charge is 0.322 e. The van der Waals surface area contributed by atoms with Crippen molar-refractivity contribution >= 4 is 21.4 Å². The fraction of sp³-hybridized carbons (Fsp3) is 0.200. The third-order valence-electron chi connectivity index (χ3n) is 4.41. The highest BCUT2D eigenvalue weighted by molar-refractivity contribution is 7.91. The first-order valence-corrected chi connectivity index (χ1v) is 10.5. The number of halogens is 3. The number of carbonyl (C=O) groups is 1. The summed E-state index contributed by atoms with van der Waals surface area (Å²) in [5, 5.41) is 6.11. The van der Waals surface area contributed by atoms with Crippen LogP contribution >= 0.6 is 0 Å². The van der Waals surface area contributed by atoms with Crippen LogP contribution in [0.3, 0.4) is 0 Å². The molecule has 0 spiro atoms. The Balaban J connectivity index is 1.94. The molecule has 3 aromatic rings. The van der Waals surface area contributed by atoms with Crippen LogP contribution in [0.1, 0.15) is 28.5 Å². The molecule has 158 valence electrons. The van der Waals surface area contributed by atoms with Gasteiger partial charge in [-0.2, -0.15) is 18.3 Å². The summed E-state index contributed by atoms with van der Waals surface area (Å²) in [7, 11) is -3.43. The summed E-state index contributed by atoms with van der Waals surface area (Å²) < 4.78 is 65.5. The van der Waals surface area contributed by atoms with Crippen LogP contribution in [0.15, 0.2) is 59.6 Å². The molecule has 6 nitrogen and oxygen atoms in total. The number of hydrogen-bond donors (Lipinski definition) is 1. The van der Waals surface area contributed by atoms with Crippen LogP contribution < -0.4 is 5.32 Å². The molecule has 0 fully saturated rings. The second kappa shape index (κ2) is 7.94. The van der Waals surface area contributed by atoms with Crippen LogP contribution in [0, 0.1) is 6.92 Å². The van der Waals surface area contributed by atoms with Gasteiger partial charge in [-0.3, -0.25) is 4.79 Å². The number of hydrogen-bond acceptors (Lipinski definition) is 4. The number of aryl methyl sites for hydroxylation is 1. The maximum absolute atomic E-state index is 13.7. The summed E-state index contributed by atoms with van der Waals surface area (Å²) in [5.41, 5.74) is -0.652. The highest BCUT2D eigenvalue weighted by Crippen LogP contribution is 2.34. The first kappa shape index (κ1) is 21.6. The van der Waals surface area contributed by atoms with Gasteiger partial charge in [0.25, 0.3) is 5.91 Å². The Morgan fingerprint density at radius 1 is 1.07 bits per heavy atom. The molecule has 0 aliphatic heterocycles. The van der Waals surface area contributed by atoms with Gasteiger partial charge < -0.3 is 5.32 Å². The van der Waals surface area contributed by atoms with Crippen molar-refractivity contribution in [2.75, 3.05) is 11.1 Å². The summed E-state index contributed by atoms with van der Waals surface area (Å²) >= 11 is 0. The Bertz CT molecular complexity index is 1170. The van der Waals surface area contributed by atoms with Crippen molar-refractivity contribution in [3.05, 3.63) is 71.5 Å². The van der Waals surface area contributed by atoms with Crippen molar-refractivity contribution in [2.45, 2.75) is 24.9 Å². The van der Waals surface area contributed by atoms with Crippen LogP contribution in [0.5, 0.6) is 0 Å². The third-order valence-corrected chi connectivity index (χ3v) is 6.16. The quantitative estimate of drug-likeness (QED) is 0.647. The lowest BCUT2D eigenvalue weighted by molar-refractivity contribution is -0.143. The van der Waals surface area contributed by atoms with Crippen LogP contribution in [0.4, 0.5) is 18.9 Å². The van der Waals surface area contributed by atoms with E-state index in [1.807, 2.05) is 0 Å². The molecule has 0 atom stereocenters. The molecule has 0 aliphatic rings. The molecule has 30 heavy (non-hydrogen) atoms. The molecule has 10 heteroatoms. The van der Waals surface area contributed by atoms with Crippen molar-refractivity contribution in [3.63, 3.8) is 0 Å². The van der Waals surface area contributed by atoms with E-state index in [0.717, 1.165) is 11.8 Å². The minimum Gasteiger partial charge on any atom is -0.322 e. The minimum atomic E-state index is -4.83. The molecule has 1 heterocycles. The van der Waals surface area contributed by atoms with Crippen molar-refractivity contribution in [2.24, 2.45) is 0 Å². The fourth-order valence-electron chi connectivity index (χ4n) is 2.78. The van der Waals surface area contributed by atoms with Gasteiger partial charge in [-0.05, 0) is 43.3 Å². The number of nitrogens with one attached hydrogen (secondary N) is 1. The minimum absolute atomic E-state index is 0.0613. The van der Waals surface area contributed by atoms with E-state index in [9.17, 15) is 26.4 Å². The van der Waals surface area contributed by atoms with Crippen molar-refractivity contribution in [1.82, 2.24) is 9.78 Å². The molecule has 0 saturated heterocycles. The second-order valence-corrected chi connectivity index (χ2v) is 8.81. The summed E-state index contributed by atoms with van der Waals surface area (Å²) in [6, 6.07) is 11.4. The van der Waals surface area contributed by atoms with Crippen LogP contribution in [-0.2, 0) is 16.0 Å². The van der Waals surface area contributed by atoms with Gasteiger partial charge in [-0.25, -0.2) is 13.1 Å². The molecular formula is C20H18F3N3O3S. The maximum Gasteiger partial charge on any atom is 0.434 e. The number of aromatic nitrogens is 2. The van der Waals surface area contributed by atoms with Crippen LogP contribution in [0.25, 0.3) is 5.69 Å². The molecule has 0 bridgehead atoms. The third kappa shape index (κ3) is 4.38. The molecule has 1 amide bonds. The summed E-state index contributed by atoms with van der Waals surface area (Å²) in [6.45, 7) is 3.29. The van der Waals surface area contributed by atoms with E-state index in [2.05, 4.69) is 10.4 Å². The Morgan fingerprint density at radius 2 is 1.67 bits per heavy atom. The average molecular weight is 437 g/mol. The molecule has 0 saturated carbocycles. The molecule has 0 aliphatic carbocycles. The van der Waals surface area contributed by atoms with Crippen LogP contribution in [0.2, 0.25) is 0 Å². The Morgan fingerprint density at radius 3 is 2.20 bits per heavy atom. The van der Waals surface area contributed by atoms with E-state index in [-0.39, 0.29) is 22.0 Å². The molecule has 0 radical (unpaired) electrons. The molecular weight excluding hydrogens is 419 g/mol. The summed E-state index contributed by atoms with van der Waals surface area (Å²) in [4.78, 5) is 12.6. The van der Waals surface area contributed by atoms with Gasteiger partial charge in [0.1, 0.15) is 0 Å². The number of sulfone groups is 1. The lowest BCUT2D eigenvalue weighted by Gasteiger charge is -2.13. The van der Waals surface area contributed by atoms with Crippen molar-refractivity contribution < 1.29 is 26.4 Å². The normalized spacial score (nSPS) is 12.0.